The van der Waals surface area contributed by atoms with Crippen molar-refractivity contribution in [2.45, 2.75) is 59.4 Å². The lowest BCUT2D eigenvalue weighted by Crippen LogP contribution is -2.36. The Bertz CT molecular complexity index is 851. The highest BCUT2D eigenvalue weighted by Gasteiger charge is 2.28. The molecule has 0 aliphatic carbocycles. The Kier molecular flexibility index (Phi) is 5.13. The Morgan fingerprint density at radius 1 is 1.11 bits per heavy atom. The van der Waals surface area contributed by atoms with Gasteiger partial charge in [-0.25, -0.2) is 4.79 Å². The molecular formula is C22H31N5O. The van der Waals surface area contributed by atoms with Gasteiger partial charge in [-0.05, 0) is 49.1 Å². The number of carbonyl (C=O) groups is 1. The number of nitrogens with zero attached hydrogens (tertiary/aromatic N) is 4. The number of aromatic nitrogens is 3. The summed E-state index contributed by atoms with van der Waals surface area (Å²) in [5.74, 6) is 2.62. The van der Waals surface area contributed by atoms with Gasteiger partial charge in [0.25, 0.3) is 0 Å². The first-order valence-electron chi connectivity index (χ1n) is 10.5. The van der Waals surface area contributed by atoms with Crippen molar-refractivity contribution in [2.75, 3.05) is 18.4 Å². The Morgan fingerprint density at radius 2 is 1.96 bits per heavy atom. The van der Waals surface area contributed by atoms with Gasteiger partial charge in [-0.15, -0.1) is 10.2 Å². The number of aryl methyl sites for hydroxylation is 1. The van der Waals surface area contributed by atoms with Crippen LogP contribution in [-0.4, -0.2) is 38.8 Å². The molecule has 0 bridgehead atoms. The molecule has 0 unspecified atom stereocenters. The van der Waals surface area contributed by atoms with Crippen LogP contribution in [0.25, 0.3) is 11.4 Å². The van der Waals surface area contributed by atoms with Gasteiger partial charge in [0.15, 0.2) is 5.82 Å². The smallest absolute Gasteiger partial charge is 0.321 e. The minimum Gasteiger partial charge on any atom is -0.325 e. The molecule has 1 aromatic heterocycles. The molecular weight excluding hydrogens is 350 g/mol. The van der Waals surface area contributed by atoms with Crippen LogP contribution in [0, 0.1) is 11.3 Å². The zero-order valence-corrected chi connectivity index (χ0v) is 17.2. The first kappa shape index (κ1) is 19.0. The van der Waals surface area contributed by atoms with Gasteiger partial charge >= 0.3 is 6.03 Å². The Morgan fingerprint density at radius 3 is 2.79 bits per heavy atom. The molecule has 1 atom stereocenters. The third-order valence-corrected chi connectivity index (χ3v) is 6.22. The van der Waals surface area contributed by atoms with E-state index < -0.39 is 0 Å². The quantitative estimate of drug-likeness (QED) is 0.829. The first-order valence-corrected chi connectivity index (χ1v) is 10.5. The van der Waals surface area contributed by atoms with E-state index in [9.17, 15) is 4.79 Å². The fourth-order valence-corrected chi connectivity index (χ4v) is 4.47. The van der Waals surface area contributed by atoms with E-state index in [0.29, 0.717) is 11.3 Å². The maximum atomic E-state index is 12.8. The van der Waals surface area contributed by atoms with Crippen LogP contribution in [-0.2, 0) is 13.0 Å². The van der Waals surface area contributed by atoms with Crippen LogP contribution in [0.5, 0.6) is 0 Å². The predicted octanol–water partition coefficient (Wildman–Crippen LogP) is 4.57. The van der Waals surface area contributed by atoms with Crippen LogP contribution in [0.2, 0.25) is 0 Å². The number of amides is 2. The van der Waals surface area contributed by atoms with Gasteiger partial charge < -0.3 is 14.8 Å². The van der Waals surface area contributed by atoms with Gasteiger partial charge in [0.1, 0.15) is 5.82 Å². The van der Waals surface area contributed by atoms with Crippen LogP contribution >= 0.6 is 0 Å². The number of benzene rings is 1. The minimum absolute atomic E-state index is 0.00168. The zero-order chi connectivity index (χ0) is 19.7. The van der Waals surface area contributed by atoms with E-state index in [1.54, 1.807) is 0 Å². The topological polar surface area (TPSA) is 63.1 Å². The molecule has 6 heteroatoms. The summed E-state index contributed by atoms with van der Waals surface area (Å²) in [6.07, 6.45) is 5.46. The van der Waals surface area contributed by atoms with E-state index in [2.05, 4.69) is 40.9 Å². The lowest BCUT2D eigenvalue weighted by atomic mass is 9.77. The molecule has 28 heavy (non-hydrogen) atoms. The molecule has 1 N–H and O–H groups in total. The van der Waals surface area contributed by atoms with Crippen molar-refractivity contribution in [3.05, 3.63) is 30.1 Å². The fraction of sp³-hybridized carbons (Fsp3) is 0.591. The summed E-state index contributed by atoms with van der Waals surface area (Å²) in [6.45, 7) is 9.54. The van der Waals surface area contributed by atoms with Gasteiger partial charge in [0, 0.05) is 37.3 Å². The molecule has 3 heterocycles. The van der Waals surface area contributed by atoms with Crippen molar-refractivity contribution in [1.82, 2.24) is 19.7 Å². The molecule has 2 aliphatic heterocycles. The Hall–Kier alpha value is -2.37. The normalized spacial score (nSPS) is 20.0. The zero-order valence-electron chi connectivity index (χ0n) is 17.2. The monoisotopic (exact) mass is 381 g/mol. The Labute approximate surface area is 167 Å². The van der Waals surface area contributed by atoms with Crippen molar-refractivity contribution in [2.24, 2.45) is 11.3 Å². The Balaban J connectivity index is 1.44. The highest BCUT2D eigenvalue weighted by molar-refractivity contribution is 5.90. The van der Waals surface area contributed by atoms with Crippen LogP contribution in [0.4, 0.5) is 10.5 Å². The number of urea groups is 1. The van der Waals surface area contributed by atoms with Gasteiger partial charge in [0.05, 0.1) is 0 Å². The number of likely N-dealkylation sites (tertiary alicyclic amines) is 1. The second kappa shape index (κ2) is 7.57. The summed E-state index contributed by atoms with van der Waals surface area (Å²) in [5.41, 5.74) is 2.12. The third kappa shape index (κ3) is 3.91. The van der Waals surface area contributed by atoms with E-state index in [0.717, 1.165) is 68.2 Å². The maximum Gasteiger partial charge on any atom is 0.321 e. The lowest BCUT2D eigenvalue weighted by molar-refractivity contribution is 0.200. The van der Waals surface area contributed by atoms with Crippen molar-refractivity contribution in [3.63, 3.8) is 0 Å². The van der Waals surface area contributed by atoms with Crippen molar-refractivity contribution in [1.29, 1.82) is 0 Å². The highest BCUT2D eigenvalue weighted by Crippen LogP contribution is 2.34. The van der Waals surface area contributed by atoms with E-state index in [1.807, 2.05) is 29.2 Å². The molecule has 0 spiro atoms. The molecule has 2 aromatic rings. The number of carbonyl (C=O) groups excluding carboxylic acids is 1. The lowest BCUT2D eigenvalue weighted by Gasteiger charge is -2.29. The second-order valence-corrected chi connectivity index (χ2v) is 9.19. The summed E-state index contributed by atoms with van der Waals surface area (Å²) >= 11 is 0. The van der Waals surface area contributed by atoms with E-state index in [-0.39, 0.29) is 6.03 Å². The van der Waals surface area contributed by atoms with Gasteiger partial charge in [-0.1, -0.05) is 32.9 Å². The molecule has 2 amide bonds. The van der Waals surface area contributed by atoms with E-state index >= 15 is 0 Å². The number of anilines is 1. The average Bonchev–Trinajstić information content (AvgIpc) is 3.16. The van der Waals surface area contributed by atoms with Crippen LogP contribution in [0.15, 0.2) is 24.3 Å². The van der Waals surface area contributed by atoms with Gasteiger partial charge in [-0.3, -0.25) is 0 Å². The highest BCUT2D eigenvalue weighted by atomic mass is 16.2. The van der Waals surface area contributed by atoms with Crippen molar-refractivity contribution >= 4 is 11.7 Å². The van der Waals surface area contributed by atoms with Gasteiger partial charge in [-0.2, -0.15) is 0 Å². The molecule has 0 radical (unpaired) electrons. The summed E-state index contributed by atoms with van der Waals surface area (Å²) in [5, 5.41) is 11.7. The molecule has 4 rings (SSSR count). The summed E-state index contributed by atoms with van der Waals surface area (Å²) in [4.78, 5) is 14.8. The number of hydrogen-bond acceptors (Lipinski definition) is 3. The molecule has 2 aliphatic rings. The molecule has 1 saturated heterocycles. The molecule has 150 valence electrons. The number of nitrogens with one attached hydrogen (secondary N) is 1. The number of fused-ring (bicyclic) bond motifs is 1. The molecule has 1 aromatic carbocycles. The van der Waals surface area contributed by atoms with Gasteiger partial charge in [0.2, 0.25) is 0 Å². The average molecular weight is 382 g/mol. The molecule has 0 saturated carbocycles. The summed E-state index contributed by atoms with van der Waals surface area (Å²) in [6, 6.07) is 7.95. The molecule has 6 nitrogen and oxygen atoms in total. The summed E-state index contributed by atoms with van der Waals surface area (Å²) in [7, 11) is 0. The van der Waals surface area contributed by atoms with Crippen LogP contribution in [0.3, 0.4) is 0 Å². The third-order valence-electron chi connectivity index (χ3n) is 6.22. The number of hydrogen-bond donors (Lipinski definition) is 1. The maximum absolute atomic E-state index is 12.8. The van der Waals surface area contributed by atoms with Crippen molar-refractivity contribution in [3.8, 4) is 11.4 Å². The summed E-state index contributed by atoms with van der Waals surface area (Å²) < 4.78 is 2.18. The standard InChI is InChI=1S/C22H31N5O/c1-22(2,3)17-8-5-12-26(14-11-17)21(28)23-18-9-4-7-16(15-18)20-25-24-19-10-6-13-27(19)20/h4,7,9,15,17H,5-6,8,10-14H2,1-3H3,(H,23,28)/t17-/m0/s1. The van der Waals surface area contributed by atoms with E-state index in [4.69, 9.17) is 0 Å². The fourth-order valence-electron chi connectivity index (χ4n) is 4.47. The largest absolute Gasteiger partial charge is 0.325 e. The SMILES string of the molecule is CC(C)(C)[C@H]1CCCN(C(=O)Nc2cccc(-c3nnc4n3CCC4)c2)CC1. The van der Waals surface area contributed by atoms with E-state index in [1.165, 1.54) is 6.42 Å². The van der Waals surface area contributed by atoms with Crippen molar-refractivity contribution < 1.29 is 4.79 Å². The second-order valence-electron chi connectivity index (χ2n) is 9.19. The first-order chi connectivity index (χ1) is 13.4. The number of rotatable bonds is 2. The van der Waals surface area contributed by atoms with Crippen LogP contribution in [0.1, 0.15) is 52.3 Å². The molecule has 1 fully saturated rings. The predicted molar refractivity (Wildman–Crippen MR) is 111 cm³/mol. The minimum atomic E-state index is -0.00168. The van der Waals surface area contributed by atoms with Crippen LogP contribution < -0.4 is 5.32 Å².